The molecule has 4 heteroatoms. The van der Waals surface area contributed by atoms with E-state index in [0.29, 0.717) is 6.04 Å². The third-order valence-electron chi connectivity index (χ3n) is 3.01. The Hall–Kier alpha value is -1.81. The molecule has 0 saturated heterocycles. The molecule has 0 saturated carbocycles. The van der Waals surface area contributed by atoms with Crippen LogP contribution in [0.15, 0.2) is 24.4 Å². The number of H-pyrrole nitrogens is 1. The number of nitrogens with one attached hydrogen (secondary N) is 2. The van der Waals surface area contributed by atoms with Crippen molar-refractivity contribution < 1.29 is 4.74 Å². The molecule has 0 radical (unpaired) electrons. The SMILES string of the molecule is COc1ccc(-c2cnc(CNC(C)C)[nH]2)cc1C. The highest BCUT2D eigenvalue weighted by molar-refractivity contribution is 5.61. The normalized spacial score (nSPS) is 11.0. The van der Waals surface area contributed by atoms with E-state index >= 15 is 0 Å². The lowest BCUT2D eigenvalue weighted by molar-refractivity contribution is 0.412. The molecular weight excluding hydrogens is 238 g/mol. The van der Waals surface area contributed by atoms with E-state index < -0.39 is 0 Å². The Morgan fingerprint density at radius 1 is 1.37 bits per heavy atom. The maximum Gasteiger partial charge on any atom is 0.121 e. The van der Waals surface area contributed by atoms with Crippen molar-refractivity contribution in [1.82, 2.24) is 15.3 Å². The molecule has 0 aliphatic rings. The Bertz CT molecular complexity index is 546. The van der Waals surface area contributed by atoms with Crippen LogP contribution < -0.4 is 10.1 Å². The number of hydrogen-bond acceptors (Lipinski definition) is 3. The summed E-state index contributed by atoms with van der Waals surface area (Å²) in [7, 11) is 1.69. The Balaban J connectivity index is 2.16. The average molecular weight is 259 g/mol. The molecule has 0 aliphatic carbocycles. The van der Waals surface area contributed by atoms with Gasteiger partial charge in [-0.15, -0.1) is 0 Å². The molecule has 0 atom stereocenters. The van der Waals surface area contributed by atoms with Gasteiger partial charge in [-0.05, 0) is 30.7 Å². The van der Waals surface area contributed by atoms with Gasteiger partial charge >= 0.3 is 0 Å². The predicted molar refractivity (Wildman–Crippen MR) is 77.3 cm³/mol. The summed E-state index contributed by atoms with van der Waals surface area (Å²) >= 11 is 0. The topological polar surface area (TPSA) is 49.9 Å². The average Bonchev–Trinajstić information content (AvgIpc) is 2.85. The van der Waals surface area contributed by atoms with Crippen LogP contribution in [0.2, 0.25) is 0 Å². The first kappa shape index (κ1) is 13.6. The summed E-state index contributed by atoms with van der Waals surface area (Å²) in [4.78, 5) is 7.72. The van der Waals surface area contributed by atoms with Crippen LogP contribution in [0.25, 0.3) is 11.3 Å². The van der Waals surface area contributed by atoms with Crippen LogP contribution >= 0.6 is 0 Å². The number of hydrogen-bond donors (Lipinski definition) is 2. The van der Waals surface area contributed by atoms with Gasteiger partial charge in [0, 0.05) is 11.6 Å². The van der Waals surface area contributed by atoms with Crippen molar-refractivity contribution in [3.05, 3.63) is 35.8 Å². The Morgan fingerprint density at radius 3 is 2.79 bits per heavy atom. The van der Waals surface area contributed by atoms with Gasteiger partial charge in [-0.1, -0.05) is 13.8 Å². The zero-order chi connectivity index (χ0) is 13.8. The molecule has 1 aromatic carbocycles. The summed E-state index contributed by atoms with van der Waals surface area (Å²) in [5.41, 5.74) is 3.28. The maximum absolute atomic E-state index is 5.27. The van der Waals surface area contributed by atoms with Gasteiger partial charge in [-0.2, -0.15) is 0 Å². The van der Waals surface area contributed by atoms with Gasteiger partial charge in [-0.25, -0.2) is 4.98 Å². The second-order valence-electron chi connectivity index (χ2n) is 4.96. The number of aromatic amines is 1. The number of nitrogens with zero attached hydrogens (tertiary/aromatic N) is 1. The first-order valence-corrected chi connectivity index (χ1v) is 6.52. The molecule has 19 heavy (non-hydrogen) atoms. The van der Waals surface area contributed by atoms with Gasteiger partial charge in [0.2, 0.25) is 0 Å². The number of imidazole rings is 1. The van der Waals surface area contributed by atoms with Gasteiger partial charge in [-0.3, -0.25) is 0 Å². The highest BCUT2D eigenvalue weighted by Gasteiger charge is 2.06. The van der Waals surface area contributed by atoms with Crippen molar-refractivity contribution in [2.45, 2.75) is 33.4 Å². The van der Waals surface area contributed by atoms with Gasteiger partial charge in [0.15, 0.2) is 0 Å². The largest absolute Gasteiger partial charge is 0.496 e. The van der Waals surface area contributed by atoms with Crippen molar-refractivity contribution >= 4 is 0 Å². The summed E-state index contributed by atoms with van der Waals surface area (Å²) in [6.07, 6.45) is 1.87. The van der Waals surface area contributed by atoms with Crippen LogP contribution in [0, 0.1) is 6.92 Å². The number of methoxy groups -OCH3 is 1. The quantitative estimate of drug-likeness (QED) is 0.868. The van der Waals surface area contributed by atoms with Gasteiger partial charge in [0.25, 0.3) is 0 Å². The minimum atomic E-state index is 0.455. The smallest absolute Gasteiger partial charge is 0.121 e. The number of ether oxygens (including phenoxy) is 1. The Morgan fingerprint density at radius 2 is 2.16 bits per heavy atom. The van der Waals surface area contributed by atoms with Gasteiger partial charge in [0.05, 0.1) is 25.5 Å². The first-order valence-electron chi connectivity index (χ1n) is 6.52. The van der Waals surface area contributed by atoms with Gasteiger partial charge in [0.1, 0.15) is 11.6 Å². The molecule has 2 rings (SSSR count). The Kier molecular flexibility index (Phi) is 4.22. The van der Waals surface area contributed by atoms with E-state index in [1.165, 1.54) is 0 Å². The zero-order valence-corrected chi connectivity index (χ0v) is 11.9. The fraction of sp³-hybridized carbons (Fsp3) is 0.400. The van der Waals surface area contributed by atoms with Crippen molar-refractivity contribution in [2.24, 2.45) is 0 Å². The molecule has 0 aliphatic heterocycles. The lowest BCUT2D eigenvalue weighted by Crippen LogP contribution is -2.22. The molecule has 4 nitrogen and oxygen atoms in total. The number of aromatic nitrogens is 2. The lowest BCUT2D eigenvalue weighted by atomic mass is 10.1. The first-order chi connectivity index (χ1) is 9.10. The highest BCUT2D eigenvalue weighted by Crippen LogP contribution is 2.24. The van der Waals surface area contributed by atoms with Crippen molar-refractivity contribution in [2.75, 3.05) is 7.11 Å². The molecule has 0 unspecified atom stereocenters. The third kappa shape index (κ3) is 3.35. The standard InChI is InChI=1S/C15H21N3O/c1-10(2)16-9-15-17-8-13(18-15)12-5-6-14(19-4)11(3)7-12/h5-8,10,16H,9H2,1-4H3,(H,17,18). The van der Waals surface area contributed by atoms with E-state index in [4.69, 9.17) is 4.74 Å². The van der Waals surface area contributed by atoms with Crippen LogP contribution in [-0.4, -0.2) is 23.1 Å². The van der Waals surface area contributed by atoms with Gasteiger partial charge < -0.3 is 15.0 Å². The summed E-state index contributed by atoms with van der Waals surface area (Å²) in [5, 5.41) is 3.34. The minimum absolute atomic E-state index is 0.455. The maximum atomic E-state index is 5.27. The number of aryl methyl sites for hydroxylation is 1. The predicted octanol–water partition coefficient (Wildman–Crippen LogP) is 2.89. The second kappa shape index (κ2) is 5.89. The van der Waals surface area contributed by atoms with Crippen molar-refractivity contribution in [3.8, 4) is 17.0 Å². The molecule has 1 aromatic heterocycles. The summed E-state index contributed by atoms with van der Waals surface area (Å²) in [6, 6.07) is 6.58. The van der Waals surface area contributed by atoms with E-state index in [-0.39, 0.29) is 0 Å². The van der Waals surface area contributed by atoms with E-state index in [1.54, 1.807) is 7.11 Å². The van der Waals surface area contributed by atoms with Crippen molar-refractivity contribution in [1.29, 1.82) is 0 Å². The molecule has 102 valence electrons. The van der Waals surface area contributed by atoms with E-state index in [9.17, 15) is 0 Å². The summed E-state index contributed by atoms with van der Waals surface area (Å²) < 4.78 is 5.27. The van der Waals surface area contributed by atoms with E-state index in [2.05, 4.69) is 35.2 Å². The Labute approximate surface area is 114 Å². The van der Waals surface area contributed by atoms with E-state index in [1.807, 2.05) is 25.3 Å². The van der Waals surface area contributed by atoms with Crippen LogP contribution in [0.3, 0.4) is 0 Å². The number of benzene rings is 1. The molecule has 0 amide bonds. The summed E-state index contributed by atoms with van der Waals surface area (Å²) in [5.74, 6) is 1.86. The fourth-order valence-corrected chi connectivity index (χ4v) is 1.95. The monoisotopic (exact) mass is 259 g/mol. The minimum Gasteiger partial charge on any atom is -0.496 e. The van der Waals surface area contributed by atoms with E-state index in [0.717, 1.165) is 34.9 Å². The molecule has 0 bridgehead atoms. The highest BCUT2D eigenvalue weighted by atomic mass is 16.5. The molecule has 0 spiro atoms. The molecule has 1 heterocycles. The lowest BCUT2D eigenvalue weighted by Gasteiger charge is -2.06. The van der Waals surface area contributed by atoms with Crippen LogP contribution in [-0.2, 0) is 6.54 Å². The van der Waals surface area contributed by atoms with Crippen LogP contribution in [0.5, 0.6) is 5.75 Å². The molecular formula is C15H21N3O. The third-order valence-corrected chi connectivity index (χ3v) is 3.01. The van der Waals surface area contributed by atoms with Crippen molar-refractivity contribution in [3.63, 3.8) is 0 Å². The fourth-order valence-electron chi connectivity index (χ4n) is 1.95. The van der Waals surface area contributed by atoms with Crippen LogP contribution in [0.1, 0.15) is 25.2 Å². The molecule has 2 N–H and O–H groups in total. The molecule has 2 aromatic rings. The van der Waals surface area contributed by atoms with Crippen LogP contribution in [0.4, 0.5) is 0 Å². The second-order valence-corrected chi connectivity index (χ2v) is 4.96. The molecule has 0 fully saturated rings. The number of rotatable bonds is 5. The summed E-state index contributed by atoms with van der Waals surface area (Å²) in [6.45, 7) is 7.04. The zero-order valence-electron chi connectivity index (χ0n) is 11.9.